The minimum Gasteiger partial charge on any atom is -0.372 e. The predicted octanol–water partition coefficient (Wildman–Crippen LogP) is 1.24. The number of nitriles is 1. The van der Waals surface area contributed by atoms with Gasteiger partial charge in [-0.1, -0.05) is 0 Å². The molecule has 0 bridgehead atoms. The highest BCUT2D eigenvalue weighted by Gasteiger charge is 2.21. The van der Waals surface area contributed by atoms with Crippen LogP contribution in [-0.2, 0) is 9.53 Å². The third kappa shape index (κ3) is 3.49. The van der Waals surface area contributed by atoms with Crippen LogP contribution in [0.1, 0.15) is 12.5 Å². The Hall–Kier alpha value is -2.06. The molecule has 0 atom stereocenters. The van der Waals surface area contributed by atoms with Crippen LogP contribution in [0.4, 0.5) is 5.69 Å². The third-order valence-corrected chi connectivity index (χ3v) is 3.42. The van der Waals surface area contributed by atoms with Crippen LogP contribution >= 0.6 is 0 Å². The quantitative estimate of drug-likeness (QED) is 0.828. The summed E-state index contributed by atoms with van der Waals surface area (Å²) in [5.41, 5.74) is 1.76. The number of benzene rings is 1. The zero-order valence-corrected chi connectivity index (χ0v) is 11.7. The Bertz CT molecular complexity index is 485. The van der Waals surface area contributed by atoms with E-state index in [-0.39, 0.29) is 12.5 Å². The molecule has 20 heavy (non-hydrogen) atoms. The van der Waals surface area contributed by atoms with Gasteiger partial charge < -0.3 is 14.5 Å². The van der Waals surface area contributed by atoms with Gasteiger partial charge in [-0.3, -0.25) is 4.79 Å². The van der Waals surface area contributed by atoms with Crippen molar-refractivity contribution in [3.05, 3.63) is 29.8 Å². The van der Waals surface area contributed by atoms with Gasteiger partial charge in [0, 0.05) is 38.5 Å². The third-order valence-electron chi connectivity index (χ3n) is 3.42. The minimum atomic E-state index is 0.0614. The lowest BCUT2D eigenvalue weighted by Gasteiger charge is -2.36. The first-order chi connectivity index (χ1) is 9.74. The molecule has 1 aliphatic heterocycles. The number of amides is 1. The smallest absolute Gasteiger partial charge is 0.248 e. The van der Waals surface area contributed by atoms with Crippen LogP contribution in [0.15, 0.2) is 24.3 Å². The van der Waals surface area contributed by atoms with Gasteiger partial charge in [-0.2, -0.15) is 5.26 Å². The summed E-state index contributed by atoms with van der Waals surface area (Å²) in [5.74, 6) is 0.0614. The van der Waals surface area contributed by atoms with Crippen LogP contribution in [0.3, 0.4) is 0 Å². The molecule has 1 fully saturated rings. The Labute approximate surface area is 119 Å². The summed E-state index contributed by atoms with van der Waals surface area (Å²) in [5, 5.41) is 8.79. The lowest BCUT2D eigenvalue weighted by molar-refractivity contribution is -0.136. The monoisotopic (exact) mass is 273 g/mol. The van der Waals surface area contributed by atoms with Gasteiger partial charge in [-0.05, 0) is 31.2 Å². The average molecular weight is 273 g/mol. The van der Waals surface area contributed by atoms with Crippen molar-refractivity contribution < 1.29 is 9.53 Å². The van der Waals surface area contributed by atoms with Gasteiger partial charge in [0.05, 0.1) is 11.6 Å². The number of hydrogen-bond donors (Lipinski definition) is 0. The molecule has 1 heterocycles. The molecule has 0 unspecified atom stereocenters. The number of nitrogens with zero attached hydrogens (tertiary/aromatic N) is 3. The Balaban J connectivity index is 1.87. The minimum absolute atomic E-state index is 0.0614. The number of piperazine rings is 1. The molecule has 1 aromatic carbocycles. The highest BCUT2D eigenvalue weighted by atomic mass is 16.5. The van der Waals surface area contributed by atoms with E-state index in [1.165, 1.54) is 0 Å². The van der Waals surface area contributed by atoms with Gasteiger partial charge in [-0.15, -0.1) is 0 Å². The van der Waals surface area contributed by atoms with Gasteiger partial charge >= 0.3 is 0 Å². The van der Waals surface area contributed by atoms with Crippen molar-refractivity contribution in [2.75, 3.05) is 44.3 Å². The molecule has 1 saturated heterocycles. The van der Waals surface area contributed by atoms with Gasteiger partial charge in [-0.25, -0.2) is 0 Å². The number of anilines is 1. The molecule has 106 valence electrons. The molecule has 0 aliphatic carbocycles. The molecule has 5 heteroatoms. The summed E-state index contributed by atoms with van der Waals surface area (Å²) < 4.78 is 5.15. The van der Waals surface area contributed by atoms with Crippen LogP contribution in [0.5, 0.6) is 0 Å². The summed E-state index contributed by atoms with van der Waals surface area (Å²) >= 11 is 0. The Morgan fingerprint density at radius 3 is 2.45 bits per heavy atom. The zero-order chi connectivity index (χ0) is 14.4. The van der Waals surface area contributed by atoms with Crippen LogP contribution in [0.2, 0.25) is 0 Å². The van der Waals surface area contributed by atoms with E-state index in [9.17, 15) is 4.79 Å². The number of carbonyl (C=O) groups is 1. The number of rotatable bonds is 4. The molecule has 0 aromatic heterocycles. The molecule has 2 rings (SSSR count). The van der Waals surface area contributed by atoms with Gasteiger partial charge in [0.15, 0.2) is 0 Å². The van der Waals surface area contributed by atoms with E-state index in [1.807, 2.05) is 36.1 Å². The second-order valence-corrected chi connectivity index (χ2v) is 4.66. The van der Waals surface area contributed by atoms with E-state index in [0.717, 1.165) is 18.8 Å². The van der Waals surface area contributed by atoms with Crippen molar-refractivity contribution in [1.82, 2.24) is 4.90 Å². The highest BCUT2D eigenvalue weighted by molar-refractivity contribution is 5.77. The van der Waals surface area contributed by atoms with E-state index >= 15 is 0 Å². The summed E-state index contributed by atoms with van der Waals surface area (Å²) in [6, 6.07) is 9.67. The maximum atomic E-state index is 11.8. The fourth-order valence-electron chi connectivity index (χ4n) is 2.24. The van der Waals surface area contributed by atoms with Crippen molar-refractivity contribution >= 4 is 11.6 Å². The normalized spacial score (nSPS) is 15.0. The zero-order valence-electron chi connectivity index (χ0n) is 11.7. The molecule has 5 nitrogen and oxygen atoms in total. The summed E-state index contributed by atoms with van der Waals surface area (Å²) in [4.78, 5) is 15.9. The first-order valence-electron chi connectivity index (χ1n) is 6.85. The number of carbonyl (C=O) groups excluding carboxylic acids is 1. The molecule has 1 aromatic rings. The van der Waals surface area contributed by atoms with Crippen LogP contribution in [0.25, 0.3) is 0 Å². The van der Waals surface area contributed by atoms with E-state index in [4.69, 9.17) is 10.00 Å². The van der Waals surface area contributed by atoms with Crippen LogP contribution in [-0.4, -0.2) is 50.2 Å². The average Bonchev–Trinajstić information content (AvgIpc) is 2.53. The Morgan fingerprint density at radius 1 is 1.25 bits per heavy atom. The molecule has 0 spiro atoms. The van der Waals surface area contributed by atoms with Crippen molar-refractivity contribution in [1.29, 1.82) is 5.26 Å². The summed E-state index contributed by atoms with van der Waals surface area (Å²) in [6.07, 6.45) is 0. The second-order valence-electron chi connectivity index (χ2n) is 4.66. The van der Waals surface area contributed by atoms with E-state index < -0.39 is 0 Å². The molecular formula is C15H19N3O2. The van der Waals surface area contributed by atoms with Crippen molar-refractivity contribution in [2.45, 2.75) is 6.92 Å². The van der Waals surface area contributed by atoms with Crippen LogP contribution < -0.4 is 4.90 Å². The van der Waals surface area contributed by atoms with E-state index in [0.29, 0.717) is 25.3 Å². The maximum absolute atomic E-state index is 11.8. The lowest BCUT2D eigenvalue weighted by Crippen LogP contribution is -2.49. The van der Waals surface area contributed by atoms with Crippen LogP contribution in [0, 0.1) is 11.3 Å². The SMILES string of the molecule is CCOCC(=O)N1CCN(c2ccc(C#N)cc2)CC1. The van der Waals surface area contributed by atoms with E-state index in [2.05, 4.69) is 11.0 Å². The molecule has 0 saturated carbocycles. The van der Waals surface area contributed by atoms with Crippen molar-refractivity contribution in [3.63, 3.8) is 0 Å². The Morgan fingerprint density at radius 2 is 1.90 bits per heavy atom. The maximum Gasteiger partial charge on any atom is 0.248 e. The van der Waals surface area contributed by atoms with Gasteiger partial charge in [0.25, 0.3) is 0 Å². The molecule has 1 aliphatic rings. The largest absolute Gasteiger partial charge is 0.372 e. The lowest BCUT2D eigenvalue weighted by atomic mass is 10.2. The first kappa shape index (κ1) is 14.4. The summed E-state index contributed by atoms with van der Waals surface area (Å²) in [7, 11) is 0. The fourth-order valence-corrected chi connectivity index (χ4v) is 2.24. The molecule has 1 amide bonds. The number of ether oxygens (including phenoxy) is 1. The standard InChI is InChI=1S/C15H19N3O2/c1-2-20-12-15(19)18-9-7-17(8-10-18)14-5-3-13(11-16)4-6-14/h3-6H,2,7-10,12H2,1H3. The highest BCUT2D eigenvalue weighted by Crippen LogP contribution is 2.17. The predicted molar refractivity (Wildman–Crippen MR) is 76.4 cm³/mol. The van der Waals surface area contributed by atoms with Gasteiger partial charge in [0.2, 0.25) is 5.91 Å². The number of hydrogen-bond acceptors (Lipinski definition) is 4. The Kier molecular flexibility index (Phi) is 4.97. The topological polar surface area (TPSA) is 56.6 Å². The summed E-state index contributed by atoms with van der Waals surface area (Å²) in [6.45, 7) is 5.67. The second kappa shape index (κ2) is 6.92. The van der Waals surface area contributed by atoms with Crippen molar-refractivity contribution in [3.8, 4) is 6.07 Å². The molecule has 0 N–H and O–H groups in total. The van der Waals surface area contributed by atoms with Gasteiger partial charge in [0.1, 0.15) is 6.61 Å². The first-order valence-corrected chi connectivity index (χ1v) is 6.85. The molecular weight excluding hydrogens is 254 g/mol. The van der Waals surface area contributed by atoms with E-state index in [1.54, 1.807) is 0 Å². The fraction of sp³-hybridized carbons (Fsp3) is 0.467. The molecule has 0 radical (unpaired) electrons. The van der Waals surface area contributed by atoms with Crippen molar-refractivity contribution in [2.24, 2.45) is 0 Å².